The van der Waals surface area contributed by atoms with Gasteiger partial charge >= 0.3 is 5.97 Å². The first-order chi connectivity index (χ1) is 21.5. The van der Waals surface area contributed by atoms with Crippen LogP contribution in [-0.4, -0.2) is 60.3 Å². The number of carbonyl (C=O) groups is 1. The van der Waals surface area contributed by atoms with Crippen LogP contribution >= 0.6 is 0 Å². The quantitative estimate of drug-likeness (QED) is 0.0369. The van der Waals surface area contributed by atoms with Crippen LogP contribution in [0.3, 0.4) is 0 Å². The van der Waals surface area contributed by atoms with E-state index in [0.717, 1.165) is 30.6 Å². The highest BCUT2D eigenvalue weighted by Crippen LogP contribution is 2.42. The predicted molar refractivity (Wildman–Crippen MR) is 183 cm³/mol. The summed E-state index contributed by atoms with van der Waals surface area (Å²) in [5, 5.41) is 1.44. The van der Waals surface area contributed by atoms with Crippen LogP contribution in [0.1, 0.15) is 41.0 Å². The van der Waals surface area contributed by atoms with Crippen molar-refractivity contribution in [2.75, 3.05) is 38.2 Å². The van der Waals surface area contributed by atoms with Crippen LogP contribution < -0.4 is 14.8 Å². The number of rotatable bonds is 14. The summed E-state index contributed by atoms with van der Waals surface area (Å²) in [5.74, 6) is 0.217. The van der Waals surface area contributed by atoms with E-state index in [1.807, 2.05) is 48.0 Å². The molecule has 0 amide bonds. The number of hydrogen-bond donors (Lipinski definition) is 0. The van der Waals surface area contributed by atoms with E-state index in [1.54, 1.807) is 18.2 Å². The van der Waals surface area contributed by atoms with Gasteiger partial charge in [0.05, 0.1) is 25.6 Å². The molecular formula is C35H46N2O6SSi. The zero-order valence-corrected chi connectivity index (χ0v) is 29.2. The molecule has 2 aromatic carbocycles. The van der Waals surface area contributed by atoms with E-state index in [0.29, 0.717) is 40.0 Å². The second-order valence-electron chi connectivity index (χ2n) is 11.7. The minimum absolute atomic E-state index is 0.0766. The highest BCUT2D eigenvalue weighted by Gasteiger charge is 2.26. The molecule has 45 heavy (non-hydrogen) atoms. The predicted octanol–water partition coefficient (Wildman–Crippen LogP) is 6.80. The fourth-order valence-corrected chi connectivity index (χ4v) is 10.5. The summed E-state index contributed by atoms with van der Waals surface area (Å²) in [7, 11) is -4.17. The fraction of sp³-hybridized carbons (Fsp3) is 0.429. The number of nitrogens with zero attached hydrogens (tertiary/aromatic N) is 2. The van der Waals surface area contributed by atoms with Crippen molar-refractivity contribution >= 4 is 40.8 Å². The standard InChI is InChI=1S/C35H46N2O6SSi/c1-7-37(8-2)27-18-20-29-32(24-27)43-31-23-26(36(6)25-34(38)42-21-14-22-45(9-3,10-4)11-5)17-19-28(31)35(29)30-15-12-13-16-33(30)44(39,40)41/h12-13,15-20,23-24H,7-11,14,21-22,25H2,1-6H3. The molecule has 1 aliphatic heterocycles. The van der Waals surface area contributed by atoms with Crippen molar-refractivity contribution in [1.82, 2.24) is 4.58 Å². The third kappa shape index (κ3) is 7.68. The molecular weight excluding hydrogens is 605 g/mol. The van der Waals surface area contributed by atoms with E-state index in [1.165, 1.54) is 30.2 Å². The molecule has 0 saturated carbocycles. The van der Waals surface area contributed by atoms with E-state index in [9.17, 15) is 17.8 Å². The fourth-order valence-electron chi connectivity index (χ4n) is 6.32. The highest BCUT2D eigenvalue weighted by molar-refractivity contribution is 7.85. The molecule has 0 saturated heterocycles. The number of carbonyl (C=O) groups excluding carboxylic acids is 1. The summed E-state index contributed by atoms with van der Waals surface area (Å²) in [4.78, 5) is 14.7. The summed E-state index contributed by atoms with van der Waals surface area (Å²) in [6, 6.07) is 22.6. The van der Waals surface area contributed by atoms with Crippen LogP contribution in [0.2, 0.25) is 24.2 Å². The average Bonchev–Trinajstić information content (AvgIpc) is 3.04. The number of fused-ring (bicyclic) bond motifs is 2. The van der Waals surface area contributed by atoms with Gasteiger partial charge in [-0.05, 0) is 44.5 Å². The van der Waals surface area contributed by atoms with Crippen molar-refractivity contribution in [3.05, 3.63) is 66.0 Å². The zero-order valence-electron chi connectivity index (χ0n) is 27.4. The van der Waals surface area contributed by atoms with Crippen LogP contribution in [0.4, 0.5) is 5.69 Å². The molecule has 2 aromatic rings. The number of benzene rings is 3. The second kappa shape index (κ2) is 14.7. The molecule has 242 valence electrons. The smallest absolute Gasteiger partial charge is 0.372 e. The molecule has 0 radical (unpaired) electrons. The Kier molecular flexibility index (Phi) is 11.3. The van der Waals surface area contributed by atoms with Gasteiger partial charge in [-0.1, -0.05) is 63.1 Å². The van der Waals surface area contributed by atoms with Crippen molar-refractivity contribution < 1.29 is 26.9 Å². The molecule has 8 nitrogen and oxygen atoms in total. The second-order valence-corrected chi connectivity index (χ2v) is 18.7. The van der Waals surface area contributed by atoms with Crippen molar-refractivity contribution in [3.63, 3.8) is 0 Å². The van der Waals surface area contributed by atoms with E-state index in [2.05, 4.69) is 39.5 Å². The van der Waals surface area contributed by atoms with Gasteiger partial charge < -0.3 is 18.6 Å². The normalized spacial score (nSPS) is 12.9. The lowest BCUT2D eigenvalue weighted by molar-refractivity contribution is -0.142. The SMILES string of the molecule is CCN(CC)c1ccc2c(-c3ccccc3S(=O)(=O)[O-])c3ccc(=[N+](C)CC(=O)OCCC[Si](CC)(CC)CC)cc-3oc2c1. The maximum absolute atomic E-state index is 12.8. The van der Waals surface area contributed by atoms with E-state index < -0.39 is 18.2 Å². The molecule has 0 bridgehead atoms. The summed E-state index contributed by atoms with van der Waals surface area (Å²) in [5.41, 5.74) is 3.11. The molecule has 0 spiro atoms. The third-order valence-corrected chi connectivity index (χ3v) is 16.2. The topological polar surface area (TPSA) is 103 Å². The third-order valence-electron chi connectivity index (χ3n) is 9.41. The van der Waals surface area contributed by atoms with Gasteiger partial charge in [-0.2, -0.15) is 0 Å². The van der Waals surface area contributed by atoms with Crippen LogP contribution in [0.15, 0.2) is 70.0 Å². The van der Waals surface area contributed by atoms with E-state index >= 15 is 0 Å². The Labute approximate surface area is 268 Å². The minimum Gasteiger partial charge on any atom is -0.744 e. The molecule has 4 rings (SSSR count). The van der Waals surface area contributed by atoms with Crippen LogP contribution in [0.25, 0.3) is 33.4 Å². The number of anilines is 1. The Bertz CT molecular complexity index is 1780. The van der Waals surface area contributed by atoms with Gasteiger partial charge in [-0.25, -0.2) is 17.8 Å². The maximum Gasteiger partial charge on any atom is 0.372 e. The van der Waals surface area contributed by atoms with Crippen molar-refractivity contribution in [2.24, 2.45) is 0 Å². The lowest BCUT2D eigenvalue weighted by Gasteiger charge is -2.27. The van der Waals surface area contributed by atoms with Gasteiger partial charge in [-0.3, -0.25) is 0 Å². The molecule has 1 heterocycles. The van der Waals surface area contributed by atoms with Gasteiger partial charge in [0, 0.05) is 53.0 Å². The lowest BCUT2D eigenvalue weighted by atomic mass is 9.93. The molecule has 0 atom stereocenters. The Balaban J connectivity index is 1.76. The Morgan fingerprint density at radius 2 is 1.62 bits per heavy atom. The zero-order chi connectivity index (χ0) is 32.8. The number of ether oxygens (including phenoxy) is 1. The minimum atomic E-state index is -4.75. The van der Waals surface area contributed by atoms with Crippen molar-refractivity contribution in [2.45, 2.75) is 70.1 Å². The first-order valence-electron chi connectivity index (χ1n) is 16.0. The molecule has 10 heteroatoms. The van der Waals surface area contributed by atoms with Gasteiger partial charge in [0.25, 0.3) is 0 Å². The van der Waals surface area contributed by atoms with E-state index in [-0.39, 0.29) is 17.4 Å². The number of esters is 1. The molecule has 2 aliphatic rings. The maximum atomic E-state index is 12.8. The Hall–Kier alpha value is -3.47. The monoisotopic (exact) mass is 650 g/mol. The van der Waals surface area contributed by atoms with Crippen molar-refractivity contribution in [3.8, 4) is 22.5 Å². The van der Waals surface area contributed by atoms with Crippen LogP contribution in [0.5, 0.6) is 0 Å². The molecule has 0 unspecified atom stereocenters. The van der Waals surface area contributed by atoms with E-state index in [4.69, 9.17) is 9.15 Å². The van der Waals surface area contributed by atoms with Crippen LogP contribution in [0, 0.1) is 0 Å². The average molecular weight is 651 g/mol. The Morgan fingerprint density at radius 1 is 0.933 bits per heavy atom. The summed E-state index contributed by atoms with van der Waals surface area (Å²) in [6.07, 6.45) is 0.901. The van der Waals surface area contributed by atoms with Gasteiger partial charge in [-0.15, -0.1) is 0 Å². The lowest BCUT2D eigenvalue weighted by Crippen LogP contribution is -2.33. The van der Waals surface area contributed by atoms with Gasteiger partial charge in [0.1, 0.15) is 28.5 Å². The molecule has 0 N–H and O–H groups in total. The van der Waals surface area contributed by atoms with Crippen molar-refractivity contribution in [1.29, 1.82) is 0 Å². The highest BCUT2D eigenvalue weighted by atomic mass is 32.2. The molecule has 1 aliphatic carbocycles. The summed E-state index contributed by atoms with van der Waals surface area (Å²) >= 11 is 0. The summed E-state index contributed by atoms with van der Waals surface area (Å²) in [6.45, 7) is 13.1. The largest absolute Gasteiger partial charge is 0.744 e. The number of hydrogen-bond acceptors (Lipinski definition) is 7. The first kappa shape index (κ1) is 34.4. The first-order valence-corrected chi connectivity index (χ1v) is 20.2. The van der Waals surface area contributed by atoms with Crippen LogP contribution in [-0.2, 0) is 19.6 Å². The summed E-state index contributed by atoms with van der Waals surface area (Å²) < 4.78 is 50.9. The van der Waals surface area contributed by atoms with Gasteiger partial charge in [0.2, 0.25) is 11.9 Å². The van der Waals surface area contributed by atoms with Gasteiger partial charge in [0.15, 0.2) is 0 Å². The Morgan fingerprint density at radius 3 is 2.27 bits per heavy atom. The molecule has 0 aromatic heterocycles. The number of likely N-dealkylation sites (N-methyl/N-ethyl adjacent to an activating group) is 1. The molecule has 0 fully saturated rings.